The molecule has 0 spiro atoms. The van der Waals surface area contributed by atoms with Gasteiger partial charge in [-0.2, -0.15) is 0 Å². The van der Waals surface area contributed by atoms with Gasteiger partial charge >= 0.3 is 29.8 Å². The number of cyclic esters (lactones) is 1. The van der Waals surface area contributed by atoms with Crippen LogP contribution in [0.1, 0.15) is 146 Å². The van der Waals surface area contributed by atoms with Crippen molar-refractivity contribution >= 4 is 135 Å². The van der Waals surface area contributed by atoms with Crippen molar-refractivity contribution in [2.24, 2.45) is 17.4 Å². The minimum Gasteiger partial charge on any atom is -0.481 e. The standard InChI is InChI=1S/C72H100FN17O26/c1-5-6-7-8-9-10-11-18-53(94)82-44(23-37-30-77-43-24-38(73)19-20-39(37)43)66(109)85-45(26-52(76)93)67(110)87-48(29-59(103)104)68(111)90-61-36(4)116-72(115)49(25-51(92)40-15-12-13-16-41(40)75)88-71(114)60(34(2)22-56(97)98)89-69(112)50(33-91)83-55(96)31-78-63(106)46(27-57(99)100)84-62(105)35(3)80-65(108)47(28-58(101)102)86-64(107)42(17-14-21-74)81-54(95)32-79-70(61)113/h12-13,15-16,19-20,24,30,34-36,42,44-50,60-61,77,91H,5-11,14,17-18,21-23,25-29,31-33,74-75H2,1-4H3,(H2,76,93)(H,78,106)(H,79,113)(H,80,108)(H,81,95)(H,82,94)(H,83,96)(H,84,105)(H,85,109)(H,86,107)(H,87,110)(H,88,114)(H,89,112)(H,90,111)(H,97,98)(H,99,100)(H,101,102)(H,103,104)/t34-,35-,36-,42+,44+,45+,46+,47+,48+,49+,50-,60+,61+/m1/s1. The summed E-state index contributed by atoms with van der Waals surface area (Å²) in [5, 5.41) is 78.2. The molecular formula is C72H100FN17O26. The number of nitrogens with two attached hydrogens (primary N) is 3. The Morgan fingerprint density at radius 3 is 1.72 bits per heavy atom. The molecule has 1 aliphatic rings. The van der Waals surface area contributed by atoms with Gasteiger partial charge in [0.1, 0.15) is 78.4 Å². The third-order valence-corrected chi connectivity index (χ3v) is 17.9. The second kappa shape index (κ2) is 47.7. The Kier molecular flexibility index (Phi) is 39.3. The molecule has 3 aromatic rings. The normalized spacial score (nSPS) is 21.1. The van der Waals surface area contributed by atoms with Gasteiger partial charge < -0.3 is 122 Å². The van der Waals surface area contributed by atoms with Crippen LogP contribution in [-0.4, -0.2) is 248 Å². The number of nitrogen functional groups attached to an aromatic ring is 1. The summed E-state index contributed by atoms with van der Waals surface area (Å²) in [6, 6.07) is -14.1. The molecular weight excluding hydrogens is 1540 g/mol. The molecule has 0 saturated carbocycles. The number of esters is 1. The van der Waals surface area contributed by atoms with Gasteiger partial charge in [0.2, 0.25) is 82.7 Å². The lowest BCUT2D eigenvalue weighted by Gasteiger charge is -2.30. The number of primary amides is 1. The zero-order valence-electron chi connectivity index (χ0n) is 63.9. The van der Waals surface area contributed by atoms with Crippen LogP contribution in [0.15, 0.2) is 48.7 Å². The minimum atomic E-state index is -2.47. The summed E-state index contributed by atoms with van der Waals surface area (Å²) in [4.78, 5) is 276. The first kappa shape index (κ1) is 95.6. The number of carboxylic acids is 4. The van der Waals surface area contributed by atoms with Gasteiger partial charge in [0.05, 0.1) is 51.8 Å². The van der Waals surface area contributed by atoms with Crippen LogP contribution < -0.4 is 86.3 Å². The van der Waals surface area contributed by atoms with E-state index in [9.17, 15) is 126 Å². The quantitative estimate of drug-likeness (QED) is 0.0113. The number of aromatic amines is 1. The fourth-order valence-corrected chi connectivity index (χ4v) is 11.8. The van der Waals surface area contributed by atoms with Gasteiger partial charge in [-0.1, -0.05) is 64.5 Å². The van der Waals surface area contributed by atoms with Crippen LogP contribution in [-0.2, 0) is 102 Å². The van der Waals surface area contributed by atoms with E-state index in [4.69, 9.17) is 21.9 Å². The van der Waals surface area contributed by atoms with Crippen molar-refractivity contribution in [3.63, 3.8) is 0 Å². The fourth-order valence-electron chi connectivity index (χ4n) is 11.8. The number of fused-ring (bicyclic) bond motifs is 1. The molecule has 2 heterocycles. The number of aliphatic hydroxyl groups is 1. The monoisotopic (exact) mass is 1640 g/mol. The molecule has 1 aliphatic heterocycles. The number of hydrogen-bond acceptors (Lipinski definition) is 24. The van der Waals surface area contributed by atoms with Gasteiger partial charge in [0, 0.05) is 47.6 Å². The van der Waals surface area contributed by atoms with Crippen molar-refractivity contribution in [1.82, 2.24) is 74.1 Å². The summed E-state index contributed by atoms with van der Waals surface area (Å²) in [6.45, 7) is 1.03. The number of H-pyrrole nitrogens is 1. The number of rotatable bonds is 35. The predicted molar refractivity (Wildman–Crippen MR) is 400 cm³/mol. The summed E-state index contributed by atoms with van der Waals surface area (Å²) in [7, 11) is 0. The Morgan fingerprint density at radius 2 is 1.13 bits per heavy atom. The van der Waals surface area contributed by atoms with E-state index in [1.165, 1.54) is 36.5 Å². The molecule has 25 N–H and O–H groups in total. The highest BCUT2D eigenvalue weighted by molar-refractivity contribution is 6.05. The summed E-state index contributed by atoms with van der Waals surface area (Å²) >= 11 is 0. The molecule has 636 valence electrons. The molecule has 1 fully saturated rings. The zero-order chi connectivity index (χ0) is 86.6. The number of amides is 14. The second-order valence-electron chi connectivity index (χ2n) is 27.4. The van der Waals surface area contributed by atoms with E-state index in [1.54, 1.807) is 0 Å². The Hall–Kier alpha value is -12.8. The lowest BCUT2D eigenvalue weighted by molar-refractivity contribution is -0.156. The largest absolute Gasteiger partial charge is 0.481 e. The molecule has 0 radical (unpaired) electrons. The van der Waals surface area contributed by atoms with Crippen molar-refractivity contribution in [3.8, 4) is 0 Å². The Balaban J connectivity index is 1.88. The van der Waals surface area contributed by atoms with Crippen molar-refractivity contribution < 1.29 is 131 Å². The van der Waals surface area contributed by atoms with Gasteiger partial charge in [0.25, 0.3) is 0 Å². The lowest BCUT2D eigenvalue weighted by atomic mass is 9.96. The van der Waals surface area contributed by atoms with E-state index < -0.39 is 267 Å². The summed E-state index contributed by atoms with van der Waals surface area (Å²) < 4.78 is 20.0. The molecule has 0 bridgehead atoms. The summed E-state index contributed by atoms with van der Waals surface area (Å²) in [5.41, 5.74) is 17.5. The van der Waals surface area contributed by atoms with Crippen molar-refractivity contribution in [3.05, 3.63) is 65.6 Å². The molecule has 1 saturated heterocycles. The van der Waals surface area contributed by atoms with Crippen LogP contribution in [0.25, 0.3) is 10.9 Å². The van der Waals surface area contributed by atoms with Crippen molar-refractivity contribution in [2.75, 3.05) is 32.0 Å². The van der Waals surface area contributed by atoms with Gasteiger partial charge in [-0.05, 0) is 81.5 Å². The molecule has 116 heavy (non-hydrogen) atoms. The van der Waals surface area contributed by atoms with Crippen molar-refractivity contribution in [2.45, 2.75) is 209 Å². The van der Waals surface area contributed by atoms with E-state index in [2.05, 4.69) is 65.1 Å². The number of ether oxygens (including phenoxy) is 1. The zero-order valence-corrected chi connectivity index (χ0v) is 63.9. The minimum absolute atomic E-state index is 0.0690. The first-order valence-electron chi connectivity index (χ1n) is 36.9. The van der Waals surface area contributed by atoms with Crippen LogP contribution in [0.5, 0.6) is 0 Å². The maximum atomic E-state index is 14.8. The smallest absolute Gasteiger partial charge is 0.329 e. The van der Waals surface area contributed by atoms with Crippen molar-refractivity contribution in [1.29, 1.82) is 0 Å². The van der Waals surface area contributed by atoms with Crippen LogP contribution in [0.4, 0.5) is 10.1 Å². The number of aliphatic hydroxyl groups excluding tert-OH is 1. The topological polar surface area (TPSA) is 702 Å². The molecule has 1 aromatic heterocycles. The van der Waals surface area contributed by atoms with Crippen LogP contribution in [0, 0.1) is 11.7 Å². The SMILES string of the molecule is CCCCCCCCCC(=O)N[C@@H](Cc1c[nH]c2cc(F)ccc12)C(=O)N[C@@H](CC(N)=O)C(=O)N[C@@H](CC(=O)O)C(=O)N[C@@H]1C(=O)NCC(=O)N[C@@H](CCCN)C(=O)N[C@@H](CC(=O)O)C(=O)N[C@H](C)C(=O)N[C@@H](CC(=O)O)C(=O)NCC(=O)N[C@H](CO)C(=O)N[C@@H]([C@H](C)CC(=O)O)C(=O)N[C@@H](CC(=O)c2ccccc2N)C(=O)O[C@@H]1C. The van der Waals surface area contributed by atoms with Gasteiger partial charge in [-0.25, -0.2) is 9.18 Å². The number of nitrogens with one attached hydrogen (secondary N) is 14. The lowest BCUT2D eigenvalue weighted by Crippen LogP contribution is -2.62. The predicted octanol–water partition coefficient (Wildman–Crippen LogP) is -5.48. The Bertz CT molecular complexity index is 4100. The summed E-state index contributed by atoms with van der Waals surface area (Å²) in [6.07, 6.45) is -3.01. The molecule has 14 amide bonds. The van der Waals surface area contributed by atoms with Crippen LogP contribution >= 0.6 is 0 Å². The van der Waals surface area contributed by atoms with E-state index in [-0.39, 0.29) is 37.1 Å². The highest BCUT2D eigenvalue weighted by Crippen LogP contribution is 2.23. The van der Waals surface area contributed by atoms with Gasteiger partial charge in [-0.3, -0.25) is 91.1 Å². The Morgan fingerprint density at radius 1 is 0.578 bits per heavy atom. The number of aromatic nitrogens is 1. The van der Waals surface area contributed by atoms with Crippen LogP contribution in [0.2, 0.25) is 0 Å². The molecule has 4 rings (SSSR count). The maximum absolute atomic E-state index is 14.8. The second-order valence-corrected chi connectivity index (χ2v) is 27.4. The van der Waals surface area contributed by atoms with Crippen LogP contribution in [0.3, 0.4) is 0 Å². The number of ketones is 1. The number of aliphatic carboxylic acids is 4. The number of para-hydroxylation sites is 1. The van der Waals surface area contributed by atoms with E-state index in [1.807, 2.05) is 16.0 Å². The molecule has 13 atom stereocenters. The molecule has 0 unspecified atom stereocenters. The first-order valence-corrected chi connectivity index (χ1v) is 36.9. The third kappa shape index (κ3) is 32.4. The number of anilines is 1. The number of Topliss-reactive ketones (excluding diaryl/α,β-unsaturated/α-hetero) is 1. The number of carboxylic acid groups (broad SMARTS) is 4. The molecule has 2 aromatic carbocycles. The maximum Gasteiger partial charge on any atom is 0.329 e. The third-order valence-electron chi connectivity index (χ3n) is 17.9. The van der Waals surface area contributed by atoms with E-state index >= 15 is 0 Å². The number of halogens is 1. The number of hydrogen-bond donors (Lipinski definition) is 22. The average molecular weight is 1640 g/mol. The average Bonchev–Trinajstić information content (AvgIpc) is 1.64. The highest BCUT2D eigenvalue weighted by atomic mass is 19.1. The summed E-state index contributed by atoms with van der Waals surface area (Å²) in [5.74, 6) is -30.8. The number of carbonyl (C=O) groups excluding carboxylic acids is 16. The van der Waals surface area contributed by atoms with Gasteiger partial charge in [-0.15, -0.1) is 0 Å². The number of benzene rings is 2. The Labute approximate surface area is 661 Å². The molecule has 44 heteroatoms. The molecule has 43 nitrogen and oxygen atoms in total. The molecule has 0 aliphatic carbocycles. The highest BCUT2D eigenvalue weighted by Gasteiger charge is 2.41. The van der Waals surface area contributed by atoms with E-state index in [0.29, 0.717) is 29.3 Å². The van der Waals surface area contributed by atoms with Gasteiger partial charge in [0.15, 0.2) is 5.78 Å². The fraction of sp³-hybridized carbons (Fsp3) is 0.528. The number of unbranched alkanes of at least 4 members (excludes halogenated alkanes) is 6. The first-order chi connectivity index (χ1) is 54.7. The van der Waals surface area contributed by atoms with E-state index in [0.717, 1.165) is 65.0 Å². The number of carbonyl (C=O) groups is 20.